The summed E-state index contributed by atoms with van der Waals surface area (Å²) < 4.78 is 50.9. The van der Waals surface area contributed by atoms with Gasteiger partial charge in [-0.15, -0.1) is 0 Å². The average molecular weight is 489 g/mol. The van der Waals surface area contributed by atoms with Crippen molar-refractivity contribution in [3.05, 3.63) is 83.2 Å². The standard InChI is InChI=1S/C26H27F3N2O4/c1-16(2)17-7-10-24(34-3)21(13-17)20-9-8-19(26(27,28)29)12-18(20)15-35-25(33)31-14-23(32)22-6-4-5-11-30-22/h4-13,16,23,32H,14-15H2,1-3H3,(H,31,33). The molecule has 1 heterocycles. The van der Waals surface area contributed by atoms with Crippen molar-refractivity contribution in [3.8, 4) is 16.9 Å². The zero-order chi connectivity index (χ0) is 25.6. The fraction of sp³-hybridized carbons (Fsp3) is 0.308. The molecule has 0 bridgehead atoms. The number of halogens is 3. The van der Waals surface area contributed by atoms with Gasteiger partial charge in [-0.1, -0.05) is 32.0 Å². The molecule has 2 N–H and O–H groups in total. The van der Waals surface area contributed by atoms with Crippen molar-refractivity contribution in [2.24, 2.45) is 0 Å². The van der Waals surface area contributed by atoms with Gasteiger partial charge in [-0.05, 0) is 59.0 Å². The number of hydrogen-bond donors (Lipinski definition) is 2. The third kappa shape index (κ3) is 6.73. The molecule has 35 heavy (non-hydrogen) atoms. The number of benzene rings is 2. The number of ether oxygens (including phenoxy) is 2. The molecule has 1 unspecified atom stereocenters. The first-order valence-corrected chi connectivity index (χ1v) is 11.0. The number of aliphatic hydroxyl groups is 1. The molecule has 186 valence electrons. The van der Waals surface area contributed by atoms with Crippen LogP contribution in [0.5, 0.6) is 5.75 Å². The van der Waals surface area contributed by atoms with E-state index < -0.39 is 30.5 Å². The van der Waals surface area contributed by atoms with Gasteiger partial charge in [-0.25, -0.2) is 4.79 Å². The van der Waals surface area contributed by atoms with E-state index in [-0.39, 0.29) is 18.0 Å². The Bertz CT molecular complexity index is 1150. The van der Waals surface area contributed by atoms with E-state index in [1.165, 1.54) is 19.4 Å². The largest absolute Gasteiger partial charge is 0.496 e. The maximum absolute atomic E-state index is 13.4. The summed E-state index contributed by atoms with van der Waals surface area (Å²) in [4.78, 5) is 16.2. The minimum atomic E-state index is -4.56. The summed E-state index contributed by atoms with van der Waals surface area (Å²) in [5, 5.41) is 12.5. The quantitative estimate of drug-likeness (QED) is 0.415. The Kier molecular flexibility index (Phi) is 8.34. The SMILES string of the molecule is COc1ccc(C(C)C)cc1-c1ccc(C(F)(F)F)cc1COC(=O)NCC(O)c1ccccn1. The van der Waals surface area contributed by atoms with Gasteiger partial charge in [0.1, 0.15) is 18.5 Å². The average Bonchev–Trinajstić information content (AvgIpc) is 2.85. The number of carbonyl (C=O) groups excluding carboxylic acids is 1. The monoisotopic (exact) mass is 488 g/mol. The summed E-state index contributed by atoms with van der Waals surface area (Å²) in [5.74, 6) is 0.670. The molecule has 3 rings (SSSR count). The van der Waals surface area contributed by atoms with Crippen LogP contribution in [0.4, 0.5) is 18.0 Å². The number of nitrogens with zero attached hydrogens (tertiary/aromatic N) is 1. The predicted octanol–water partition coefficient (Wildman–Crippen LogP) is 5.86. The van der Waals surface area contributed by atoms with Gasteiger partial charge in [0.05, 0.1) is 24.9 Å². The highest BCUT2D eigenvalue weighted by molar-refractivity contribution is 5.75. The molecule has 1 atom stereocenters. The van der Waals surface area contributed by atoms with Gasteiger partial charge in [0.25, 0.3) is 0 Å². The van der Waals surface area contributed by atoms with E-state index in [9.17, 15) is 23.1 Å². The lowest BCUT2D eigenvalue weighted by atomic mass is 9.93. The summed E-state index contributed by atoms with van der Waals surface area (Å²) in [5.41, 5.74) is 1.71. The molecule has 9 heteroatoms. The number of methoxy groups -OCH3 is 1. The van der Waals surface area contributed by atoms with Gasteiger partial charge in [0.15, 0.2) is 0 Å². The highest BCUT2D eigenvalue weighted by Gasteiger charge is 2.31. The molecule has 0 aliphatic carbocycles. The van der Waals surface area contributed by atoms with Crippen LogP contribution in [-0.2, 0) is 17.5 Å². The second-order valence-electron chi connectivity index (χ2n) is 8.21. The number of alkyl carbamates (subject to hydrolysis) is 1. The fourth-order valence-electron chi connectivity index (χ4n) is 3.50. The summed E-state index contributed by atoms with van der Waals surface area (Å²) in [6.45, 7) is 3.42. The van der Waals surface area contributed by atoms with E-state index in [4.69, 9.17) is 9.47 Å². The Hall–Kier alpha value is -3.59. The van der Waals surface area contributed by atoms with Crippen LogP contribution in [0.2, 0.25) is 0 Å². The van der Waals surface area contributed by atoms with E-state index in [2.05, 4.69) is 10.3 Å². The highest BCUT2D eigenvalue weighted by Crippen LogP contribution is 2.38. The molecule has 2 aromatic carbocycles. The Morgan fingerprint density at radius 2 is 1.86 bits per heavy atom. The lowest BCUT2D eigenvalue weighted by Crippen LogP contribution is -2.29. The minimum absolute atomic E-state index is 0.166. The van der Waals surface area contributed by atoms with E-state index >= 15 is 0 Å². The van der Waals surface area contributed by atoms with Gasteiger partial charge < -0.3 is 19.9 Å². The minimum Gasteiger partial charge on any atom is -0.496 e. The number of amides is 1. The van der Waals surface area contributed by atoms with Crippen LogP contribution in [0, 0.1) is 0 Å². The highest BCUT2D eigenvalue weighted by atomic mass is 19.4. The number of pyridine rings is 1. The predicted molar refractivity (Wildman–Crippen MR) is 125 cm³/mol. The molecule has 0 aliphatic heterocycles. The molecule has 3 aromatic rings. The number of hydrogen-bond acceptors (Lipinski definition) is 5. The van der Waals surface area contributed by atoms with Crippen LogP contribution in [-0.4, -0.2) is 29.8 Å². The molecule has 0 spiro atoms. The molecule has 1 aromatic heterocycles. The van der Waals surface area contributed by atoms with Crippen molar-refractivity contribution >= 4 is 6.09 Å². The summed E-state index contributed by atoms with van der Waals surface area (Å²) in [7, 11) is 1.48. The van der Waals surface area contributed by atoms with Gasteiger partial charge in [-0.3, -0.25) is 4.98 Å². The van der Waals surface area contributed by atoms with E-state index in [1.807, 2.05) is 26.0 Å². The second kappa shape index (κ2) is 11.2. The third-order valence-corrected chi connectivity index (χ3v) is 5.44. The second-order valence-corrected chi connectivity index (χ2v) is 8.21. The molecule has 0 radical (unpaired) electrons. The van der Waals surface area contributed by atoms with Crippen molar-refractivity contribution < 1.29 is 32.5 Å². The molecular formula is C26H27F3N2O4. The lowest BCUT2D eigenvalue weighted by molar-refractivity contribution is -0.137. The van der Waals surface area contributed by atoms with Crippen molar-refractivity contribution in [2.45, 2.75) is 38.7 Å². The summed E-state index contributed by atoms with van der Waals surface area (Å²) in [6.07, 6.45) is -5.00. The fourth-order valence-corrected chi connectivity index (χ4v) is 3.50. The zero-order valence-electron chi connectivity index (χ0n) is 19.6. The first kappa shape index (κ1) is 26.0. The molecule has 0 fully saturated rings. The number of rotatable bonds is 8. The van der Waals surface area contributed by atoms with E-state index in [0.29, 0.717) is 22.6 Å². The smallest absolute Gasteiger partial charge is 0.416 e. The maximum atomic E-state index is 13.4. The van der Waals surface area contributed by atoms with Crippen LogP contribution in [0.25, 0.3) is 11.1 Å². The molecular weight excluding hydrogens is 461 g/mol. The first-order valence-electron chi connectivity index (χ1n) is 11.0. The number of carbonyl (C=O) groups is 1. The van der Waals surface area contributed by atoms with Crippen LogP contribution in [0.1, 0.15) is 48.3 Å². The van der Waals surface area contributed by atoms with Crippen LogP contribution >= 0.6 is 0 Å². The number of aliphatic hydroxyl groups excluding tert-OH is 1. The molecule has 0 saturated heterocycles. The van der Waals surface area contributed by atoms with Gasteiger partial charge in [-0.2, -0.15) is 13.2 Å². The number of alkyl halides is 3. The maximum Gasteiger partial charge on any atom is 0.416 e. The summed E-state index contributed by atoms with van der Waals surface area (Å²) >= 11 is 0. The zero-order valence-corrected chi connectivity index (χ0v) is 19.6. The third-order valence-electron chi connectivity index (χ3n) is 5.44. The normalized spacial score (nSPS) is 12.3. The lowest BCUT2D eigenvalue weighted by Gasteiger charge is -2.18. The molecule has 6 nitrogen and oxygen atoms in total. The van der Waals surface area contributed by atoms with Gasteiger partial charge in [0, 0.05) is 11.8 Å². The van der Waals surface area contributed by atoms with Gasteiger partial charge in [0.2, 0.25) is 0 Å². The van der Waals surface area contributed by atoms with Crippen molar-refractivity contribution in [2.75, 3.05) is 13.7 Å². The molecule has 0 saturated carbocycles. The number of aromatic nitrogens is 1. The van der Waals surface area contributed by atoms with Crippen LogP contribution in [0.3, 0.4) is 0 Å². The topological polar surface area (TPSA) is 80.7 Å². The van der Waals surface area contributed by atoms with Crippen LogP contribution in [0.15, 0.2) is 60.8 Å². The van der Waals surface area contributed by atoms with E-state index in [0.717, 1.165) is 17.7 Å². The molecule has 0 aliphatic rings. The Balaban J connectivity index is 1.84. The number of nitrogens with one attached hydrogen (secondary N) is 1. The van der Waals surface area contributed by atoms with Gasteiger partial charge >= 0.3 is 12.3 Å². The van der Waals surface area contributed by atoms with Crippen LogP contribution < -0.4 is 10.1 Å². The van der Waals surface area contributed by atoms with Crippen molar-refractivity contribution in [3.63, 3.8) is 0 Å². The summed E-state index contributed by atoms with van der Waals surface area (Å²) in [6, 6.07) is 13.8. The Morgan fingerprint density at radius 1 is 1.09 bits per heavy atom. The van der Waals surface area contributed by atoms with Crippen molar-refractivity contribution in [1.82, 2.24) is 10.3 Å². The Labute approximate surface area is 201 Å². The van der Waals surface area contributed by atoms with Crippen molar-refractivity contribution in [1.29, 1.82) is 0 Å². The van der Waals surface area contributed by atoms with E-state index in [1.54, 1.807) is 24.3 Å². The molecule has 1 amide bonds. The first-order chi connectivity index (χ1) is 16.6. The Morgan fingerprint density at radius 3 is 2.49 bits per heavy atom.